The Balaban J connectivity index is 1.15. The van der Waals surface area contributed by atoms with Gasteiger partial charge in [-0.1, -0.05) is 5.16 Å². The first kappa shape index (κ1) is 41.1. The first-order valence-corrected chi connectivity index (χ1v) is 19.4. The molecule has 23 nitrogen and oxygen atoms in total. The van der Waals surface area contributed by atoms with Crippen LogP contribution in [0.25, 0.3) is 5.78 Å². The van der Waals surface area contributed by atoms with Crippen LogP contribution < -0.4 is 21.9 Å². The Labute approximate surface area is 338 Å². The summed E-state index contributed by atoms with van der Waals surface area (Å²) >= 11 is 3.33. The van der Waals surface area contributed by atoms with Gasteiger partial charge < -0.3 is 31.2 Å². The van der Waals surface area contributed by atoms with E-state index in [2.05, 4.69) is 41.4 Å². The predicted octanol–water partition coefficient (Wildman–Crippen LogP) is -0.165. The van der Waals surface area contributed by atoms with Gasteiger partial charge in [0, 0.05) is 35.2 Å². The number of hydroxylamine groups is 2. The third-order valence-corrected chi connectivity index (χ3v) is 11.3. The van der Waals surface area contributed by atoms with Crippen molar-refractivity contribution in [2.75, 3.05) is 24.3 Å². The van der Waals surface area contributed by atoms with Gasteiger partial charge in [-0.15, -0.1) is 40.0 Å². The monoisotopic (exact) mass is 856 g/mol. The number of phenols is 2. The van der Waals surface area contributed by atoms with Crippen molar-refractivity contribution in [1.82, 2.24) is 50.7 Å². The number of hydrazine groups is 1. The van der Waals surface area contributed by atoms with Crippen LogP contribution in [0.2, 0.25) is 0 Å². The van der Waals surface area contributed by atoms with Crippen molar-refractivity contribution in [2.24, 2.45) is 5.16 Å². The van der Waals surface area contributed by atoms with Gasteiger partial charge in [0.1, 0.15) is 27.8 Å². The van der Waals surface area contributed by atoms with Crippen molar-refractivity contribution in [1.29, 1.82) is 0 Å². The van der Waals surface area contributed by atoms with E-state index in [1.54, 1.807) is 13.0 Å². The van der Waals surface area contributed by atoms with Crippen LogP contribution in [0, 0.1) is 6.92 Å². The van der Waals surface area contributed by atoms with Crippen LogP contribution in [0.1, 0.15) is 46.2 Å². The largest absolute Gasteiger partial charge is 0.504 e. The van der Waals surface area contributed by atoms with Crippen LogP contribution in [-0.4, -0.2) is 132 Å². The zero-order valence-electron chi connectivity index (χ0n) is 30.5. The van der Waals surface area contributed by atoms with Crippen LogP contribution in [-0.2, 0) is 24.0 Å². The molecule has 4 aromatic rings. The number of benzene rings is 1. The predicted molar refractivity (Wildman–Crippen MR) is 203 cm³/mol. The highest BCUT2D eigenvalue weighted by molar-refractivity contribution is 8.01. The summed E-state index contributed by atoms with van der Waals surface area (Å²) in [5.41, 5.74) is 8.25. The lowest BCUT2D eigenvalue weighted by molar-refractivity contribution is -0.150. The van der Waals surface area contributed by atoms with Crippen LogP contribution in [0.15, 0.2) is 51.1 Å². The second kappa shape index (κ2) is 16.2. The lowest BCUT2D eigenvalue weighted by Gasteiger charge is -2.49. The number of amides is 5. The molecule has 2 aliphatic heterocycles. The number of carbonyl (C=O) groups excluding carboxylic acids is 5. The van der Waals surface area contributed by atoms with Gasteiger partial charge in [-0.3, -0.25) is 44.9 Å². The van der Waals surface area contributed by atoms with Crippen LogP contribution in [0.3, 0.4) is 0 Å². The number of β-lactam (4-membered cyclic amide) rings is 1. The number of aromatic hydroxyl groups is 2. The van der Waals surface area contributed by atoms with Gasteiger partial charge in [-0.25, -0.2) is 19.8 Å². The number of hydrogen-bond donors (Lipinski definition) is 8. The number of thioether (sulfide) groups is 2. The summed E-state index contributed by atoms with van der Waals surface area (Å²) < 4.78 is 1.28. The van der Waals surface area contributed by atoms with Gasteiger partial charge in [0.2, 0.25) is 11.4 Å². The highest BCUT2D eigenvalue weighted by atomic mass is 32.2. The molecule has 1 aromatic carbocycles. The number of nitrogens with zero attached hydrogens (tertiary/aromatic N) is 8. The average molecular weight is 857 g/mol. The fourth-order valence-corrected chi connectivity index (χ4v) is 8.34. The van der Waals surface area contributed by atoms with Crippen molar-refractivity contribution < 1.29 is 54.1 Å². The number of carbonyl (C=O) groups is 6. The lowest BCUT2D eigenvalue weighted by Crippen LogP contribution is -2.71. The zero-order chi connectivity index (χ0) is 42.2. The standard InChI is InChI=1S/C32H32N12O11S3/c1-12-7-18(44-31(34-12)37-22(40-44)26(50)42(4)54)56-9-14-10-57-27-20(25(49)43(27)21(14)28(51)52)36-24(48)19(15-11-58-30(33)35-15)41-55-32(2,3)29(53)39-38-23(47)13-5-6-16(45)17(46)8-13/h5-8,11,20,27,45-46,54H,9-10H2,1-4H3,(H2,33,35)(H,36,48)(H,38,47)(H,39,53)(H,51,52)/b41-19+/t20-,27-/m1/s1. The van der Waals surface area contributed by atoms with Gasteiger partial charge >= 0.3 is 11.9 Å². The molecule has 0 unspecified atom stereocenters. The summed E-state index contributed by atoms with van der Waals surface area (Å²) in [6.45, 7) is 4.24. The van der Waals surface area contributed by atoms with E-state index in [-0.39, 0.29) is 45.2 Å². The van der Waals surface area contributed by atoms with Gasteiger partial charge in [-0.2, -0.15) is 9.50 Å². The molecular formula is C32H32N12O11S3. The maximum atomic E-state index is 13.7. The van der Waals surface area contributed by atoms with Gasteiger partial charge in [0.25, 0.3) is 29.4 Å². The zero-order valence-corrected chi connectivity index (χ0v) is 32.9. The summed E-state index contributed by atoms with van der Waals surface area (Å²) in [7, 11) is 1.12. The van der Waals surface area contributed by atoms with E-state index in [0.29, 0.717) is 21.4 Å². The number of rotatable bonds is 12. The first-order valence-electron chi connectivity index (χ1n) is 16.5. The summed E-state index contributed by atoms with van der Waals surface area (Å²) in [6.07, 6.45) is 0. The number of carboxylic acid groups (broad SMARTS) is 1. The van der Waals surface area contributed by atoms with Crippen LogP contribution >= 0.6 is 34.9 Å². The Bertz CT molecular complexity index is 2450. The van der Waals surface area contributed by atoms with Crippen molar-refractivity contribution in [3.63, 3.8) is 0 Å². The molecule has 1 saturated heterocycles. The smallest absolute Gasteiger partial charge is 0.352 e. The molecule has 6 rings (SSSR count). The second-order valence-electron chi connectivity index (χ2n) is 12.8. The number of anilines is 1. The van der Waals surface area contributed by atoms with E-state index in [0.717, 1.165) is 47.2 Å². The quantitative estimate of drug-likeness (QED) is 0.0174. The Kier molecular flexibility index (Phi) is 11.5. The minimum absolute atomic E-state index is 0.0593. The average Bonchev–Trinajstić information content (AvgIpc) is 3.81. The Morgan fingerprint density at radius 1 is 1.12 bits per heavy atom. The molecule has 3 aromatic heterocycles. The van der Waals surface area contributed by atoms with Gasteiger partial charge in [0.05, 0.1) is 0 Å². The molecular weight excluding hydrogens is 825 g/mol. The van der Waals surface area contributed by atoms with Crippen molar-refractivity contribution in [3.05, 3.63) is 63.7 Å². The summed E-state index contributed by atoms with van der Waals surface area (Å²) in [4.78, 5) is 96.3. The number of nitrogens with one attached hydrogen (secondary N) is 3. The fraction of sp³-hybridized carbons (Fsp3) is 0.281. The van der Waals surface area contributed by atoms with Crippen molar-refractivity contribution in [3.8, 4) is 11.5 Å². The molecule has 0 saturated carbocycles. The number of aromatic nitrogens is 5. The number of fused-ring (bicyclic) bond motifs is 2. The molecule has 2 atom stereocenters. The van der Waals surface area contributed by atoms with Gasteiger partial charge in [0.15, 0.2) is 22.3 Å². The van der Waals surface area contributed by atoms with Crippen molar-refractivity contribution >= 4 is 87.0 Å². The number of carboxylic acids is 1. The first-order chi connectivity index (χ1) is 27.4. The second-order valence-corrected chi connectivity index (χ2v) is 15.8. The number of aryl methyl sites for hydroxylation is 1. The summed E-state index contributed by atoms with van der Waals surface area (Å²) in [5, 5.41) is 50.9. The summed E-state index contributed by atoms with van der Waals surface area (Å²) in [5.74, 6) is -6.70. The van der Waals surface area contributed by atoms with E-state index >= 15 is 0 Å². The fourth-order valence-electron chi connectivity index (χ4n) is 5.26. The SMILES string of the molecule is Cc1cc(SCC2=C(C(=O)O)N3C(=O)[C@@H](NC(=O)/C(=N/OC(C)(C)C(=O)NNC(=O)c4ccc(O)c(O)c4)c4csc(N)n4)[C@H]3SC2)n2nc(C(=O)N(C)O)nc2n1. The van der Waals surface area contributed by atoms with Crippen LogP contribution in [0.5, 0.6) is 11.5 Å². The molecule has 58 heavy (non-hydrogen) atoms. The minimum Gasteiger partial charge on any atom is -0.504 e. The number of aliphatic carboxylic acids is 1. The molecule has 0 bridgehead atoms. The van der Waals surface area contributed by atoms with E-state index in [1.807, 2.05) is 0 Å². The van der Waals surface area contributed by atoms with E-state index in [9.17, 15) is 49.3 Å². The maximum Gasteiger partial charge on any atom is 0.352 e. The number of nitrogens with two attached hydrogens (primary N) is 1. The number of nitrogen functional groups attached to an aromatic ring is 1. The molecule has 0 aliphatic carbocycles. The van der Waals surface area contributed by atoms with E-state index < -0.39 is 69.7 Å². The molecule has 304 valence electrons. The van der Waals surface area contributed by atoms with Gasteiger partial charge in [-0.05, 0) is 50.6 Å². The summed E-state index contributed by atoms with van der Waals surface area (Å²) in [6, 6.07) is 3.71. The molecule has 26 heteroatoms. The number of hydrogen-bond acceptors (Lipinski definition) is 19. The van der Waals surface area contributed by atoms with E-state index in [4.69, 9.17) is 10.6 Å². The van der Waals surface area contributed by atoms with E-state index in [1.165, 1.54) is 41.6 Å². The highest BCUT2D eigenvalue weighted by Gasteiger charge is 2.54. The molecule has 5 amide bonds. The topological polar surface area (TPSA) is 329 Å². The number of phenolic OH excluding ortho intramolecular Hbond substituents is 2. The molecule has 2 aliphatic rings. The normalized spacial score (nSPS) is 16.7. The molecule has 1 fully saturated rings. The number of thiazole rings is 1. The molecule has 5 heterocycles. The molecule has 9 N–H and O–H groups in total. The lowest BCUT2D eigenvalue weighted by atomic mass is 10.0. The Morgan fingerprint density at radius 2 is 1.86 bits per heavy atom. The van der Waals surface area contributed by atoms with Crippen LogP contribution in [0.4, 0.5) is 5.13 Å². The minimum atomic E-state index is -1.83. The molecule has 0 spiro atoms. The Hall–Kier alpha value is -6.51. The number of oxime groups is 1. The maximum absolute atomic E-state index is 13.7. The third-order valence-electron chi connectivity index (χ3n) is 8.24. The third kappa shape index (κ3) is 8.29. The van der Waals surface area contributed by atoms with Crippen molar-refractivity contribution in [2.45, 2.75) is 42.8 Å². The highest BCUT2D eigenvalue weighted by Crippen LogP contribution is 2.42. The Morgan fingerprint density at radius 3 is 2.52 bits per heavy atom. The molecule has 0 radical (unpaired) electrons.